The average Bonchev–Trinajstić information content (AvgIpc) is 2.62. The van der Waals surface area contributed by atoms with Gasteiger partial charge < -0.3 is 19.3 Å². The van der Waals surface area contributed by atoms with Crippen LogP contribution < -0.4 is 9.47 Å². The van der Waals surface area contributed by atoms with Crippen LogP contribution >= 0.6 is 0 Å². The van der Waals surface area contributed by atoms with Gasteiger partial charge in [0.25, 0.3) is 0 Å². The number of benzene rings is 2. The fourth-order valence-electron chi connectivity index (χ4n) is 3.15. The molecule has 0 radical (unpaired) electrons. The maximum Gasteiger partial charge on any atom is 0.419 e. The van der Waals surface area contributed by atoms with E-state index in [1.807, 2.05) is 0 Å². The number of alkyl halides is 3. The number of carbonyl (C=O) groups is 1. The van der Waals surface area contributed by atoms with Gasteiger partial charge in [0.1, 0.15) is 18.1 Å². The second-order valence-corrected chi connectivity index (χ2v) is 6.69. The zero-order valence-corrected chi connectivity index (χ0v) is 15.1. The number of methoxy groups -OCH3 is 1. The van der Waals surface area contributed by atoms with Crippen molar-refractivity contribution in [2.24, 2.45) is 0 Å². The predicted molar refractivity (Wildman–Crippen MR) is 93.5 cm³/mol. The first-order valence-corrected chi connectivity index (χ1v) is 8.50. The Bertz CT molecular complexity index is 842. The summed E-state index contributed by atoms with van der Waals surface area (Å²) in [4.78, 5) is 11.1. The molecule has 0 atom stereocenters. The minimum Gasteiger partial charge on any atom is -0.496 e. The van der Waals surface area contributed by atoms with Crippen LogP contribution in [0.15, 0.2) is 42.5 Å². The normalized spacial score (nSPS) is 15.6. The molecule has 3 rings (SSSR count). The molecular formula is C20H19F3O5. The van der Waals surface area contributed by atoms with Crippen LogP contribution in [-0.2, 0) is 27.7 Å². The lowest BCUT2D eigenvalue weighted by Crippen LogP contribution is -2.48. The summed E-state index contributed by atoms with van der Waals surface area (Å²) in [6.45, 7) is 0.632. The summed E-state index contributed by atoms with van der Waals surface area (Å²) in [6, 6.07) is 10.6. The number of hydrogen-bond acceptors (Lipinski definition) is 4. The van der Waals surface area contributed by atoms with Crippen LogP contribution in [-0.4, -0.2) is 31.4 Å². The Kier molecular flexibility index (Phi) is 5.51. The minimum absolute atomic E-state index is 0.0285. The van der Waals surface area contributed by atoms with Gasteiger partial charge in [0, 0.05) is 0 Å². The third kappa shape index (κ3) is 4.22. The summed E-state index contributed by atoms with van der Waals surface area (Å²) in [6.07, 6.45) is -4.55. The summed E-state index contributed by atoms with van der Waals surface area (Å²) in [5.74, 6) is -0.672. The first kappa shape index (κ1) is 20.0. The molecule has 2 aromatic rings. The van der Waals surface area contributed by atoms with E-state index in [0.717, 1.165) is 11.6 Å². The van der Waals surface area contributed by atoms with Crippen molar-refractivity contribution in [1.82, 2.24) is 0 Å². The highest BCUT2D eigenvalue weighted by molar-refractivity contribution is 5.69. The molecule has 28 heavy (non-hydrogen) atoms. The smallest absolute Gasteiger partial charge is 0.419 e. The molecule has 5 nitrogen and oxygen atoms in total. The number of rotatable bonds is 7. The van der Waals surface area contributed by atoms with Gasteiger partial charge in [-0.25, -0.2) is 0 Å². The van der Waals surface area contributed by atoms with E-state index in [1.165, 1.54) is 19.2 Å². The highest BCUT2D eigenvalue weighted by Crippen LogP contribution is 2.38. The van der Waals surface area contributed by atoms with Crippen LogP contribution in [0.25, 0.3) is 0 Å². The Morgan fingerprint density at radius 3 is 2.36 bits per heavy atom. The number of halogens is 3. The summed E-state index contributed by atoms with van der Waals surface area (Å²) in [5.41, 5.74) is -0.210. The lowest BCUT2D eigenvalue weighted by atomic mass is 9.76. The molecule has 0 bridgehead atoms. The van der Waals surface area contributed by atoms with Gasteiger partial charge in [0.2, 0.25) is 0 Å². The molecular weight excluding hydrogens is 377 g/mol. The molecule has 8 heteroatoms. The van der Waals surface area contributed by atoms with E-state index >= 15 is 0 Å². The zero-order valence-electron chi connectivity index (χ0n) is 15.1. The van der Waals surface area contributed by atoms with Crippen LogP contribution in [0.3, 0.4) is 0 Å². The third-order valence-electron chi connectivity index (χ3n) is 4.69. The molecule has 1 aliphatic heterocycles. The molecule has 1 fully saturated rings. The van der Waals surface area contributed by atoms with Gasteiger partial charge in [0.05, 0.1) is 37.7 Å². The van der Waals surface area contributed by atoms with Crippen molar-refractivity contribution in [2.75, 3.05) is 20.3 Å². The molecule has 2 aromatic carbocycles. The van der Waals surface area contributed by atoms with E-state index in [-0.39, 0.29) is 18.8 Å². The van der Waals surface area contributed by atoms with Gasteiger partial charge in [-0.3, -0.25) is 4.79 Å². The minimum atomic E-state index is -4.52. The van der Waals surface area contributed by atoms with Gasteiger partial charge in [0.15, 0.2) is 0 Å². The number of ether oxygens (including phenoxy) is 3. The van der Waals surface area contributed by atoms with Crippen LogP contribution in [0.2, 0.25) is 0 Å². The molecule has 0 aliphatic carbocycles. The molecule has 0 spiro atoms. The SMILES string of the molecule is COc1ccc(COc2ccc(C3(CC(=O)O)COC3)cc2)cc1C(F)(F)F. The number of carboxylic acids is 1. The Balaban J connectivity index is 1.69. The maximum atomic E-state index is 13.1. The molecule has 1 saturated heterocycles. The fourth-order valence-corrected chi connectivity index (χ4v) is 3.15. The summed E-state index contributed by atoms with van der Waals surface area (Å²) < 4.78 is 54.8. The molecule has 0 saturated carbocycles. The van der Waals surface area contributed by atoms with E-state index in [9.17, 15) is 18.0 Å². The van der Waals surface area contributed by atoms with Crippen LogP contribution in [0.4, 0.5) is 13.2 Å². The quantitative estimate of drug-likeness (QED) is 0.765. The van der Waals surface area contributed by atoms with Gasteiger partial charge in [-0.05, 0) is 35.4 Å². The van der Waals surface area contributed by atoms with Crippen molar-refractivity contribution in [2.45, 2.75) is 24.6 Å². The molecule has 1 heterocycles. The standard InChI is InChI=1S/C20H19F3O5/c1-26-17-7-2-13(8-16(17)20(21,22)23)10-28-15-5-3-14(4-6-15)19(9-18(24)25)11-27-12-19/h2-8H,9-12H2,1H3,(H,24,25). The second kappa shape index (κ2) is 7.71. The van der Waals surface area contributed by atoms with Crippen molar-refractivity contribution >= 4 is 5.97 Å². The average molecular weight is 396 g/mol. The van der Waals surface area contributed by atoms with E-state index in [0.29, 0.717) is 24.5 Å². The van der Waals surface area contributed by atoms with Crippen molar-refractivity contribution in [3.8, 4) is 11.5 Å². The van der Waals surface area contributed by atoms with Gasteiger partial charge >= 0.3 is 12.1 Å². The fraction of sp³-hybridized carbons (Fsp3) is 0.350. The third-order valence-corrected chi connectivity index (χ3v) is 4.69. The molecule has 1 N–H and O–H groups in total. The summed E-state index contributed by atoms with van der Waals surface area (Å²) >= 11 is 0. The highest BCUT2D eigenvalue weighted by Gasteiger charge is 2.42. The number of carboxylic acid groups (broad SMARTS) is 1. The molecule has 150 valence electrons. The Morgan fingerprint density at radius 1 is 1.18 bits per heavy atom. The van der Waals surface area contributed by atoms with Crippen molar-refractivity contribution in [3.63, 3.8) is 0 Å². The van der Waals surface area contributed by atoms with Crippen LogP contribution in [0.1, 0.15) is 23.1 Å². The first-order valence-electron chi connectivity index (χ1n) is 8.50. The van der Waals surface area contributed by atoms with Crippen LogP contribution in [0.5, 0.6) is 11.5 Å². The van der Waals surface area contributed by atoms with Gasteiger partial charge in [-0.1, -0.05) is 18.2 Å². The highest BCUT2D eigenvalue weighted by atomic mass is 19.4. The largest absolute Gasteiger partial charge is 0.496 e. The zero-order chi connectivity index (χ0) is 20.4. The van der Waals surface area contributed by atoms with E-state index in [2.05, 4.69) is 0 Å². The monoisotopic (exact) mass is 396 g/mol. The maximum absolute atomic E-state index is 13.1. The van der Waals surface area contributed by atoms with E-state index < -0.39 is 23.1 Å². The molecule has 1 aliphatic rings. The van der Waals surface area contributed by atoms with E-state index in [4.69, 9.17) is 19.3 Å². The summed E-state index contributed by atoms with van der Waals surface area (Å²) in [7, 11) is 1.19. The van der Waals surface area contributed by atoms with Crippen LogP contribution in [0, 0.1) is 0 Å². The predicted octanol–water partition coefficient (Wildman–Crippen LogP) is 4.04. The Morgan fingerprint density at radius 2 is 1.86 bits per heavy atom. The van der Waals surface area contributed by atoms with Gasteiger partial charge in [-0.15, -0.1) is 0 Å². The molecule has 0 unspecified atom stereocenters. The lowest BCUT2D eigenvalue weighted by Gasteiger charge is -2.40. The van der Waals surface area contributed by atoms with Crippen molar-refractivity contribution in [1.29, 1.82) is 0 Å². The number of hydrogen-bond donors (Lipinski definition) is 1. The van der Waals surface area contributed by atoms with Crippen molar-refractivity contribution < 1.29 is 37.3 Å². The lowest BCUT2D eigenvalue weighted by molar-refractivity contribution is -0.145. The molecule has 0 aromatic heterocycles. The summed E-state index contributed by atoms with van der Waals surface area (Å²) in [5, 5.41) is 9.09. The van der Waals surface area contributed by atoms with E-state index in [1.54, 1.807) is 24.3 Å². The van der Waals surface area contributed by atoms with Crippen molar-refractivity contribution in [3.05, 3.63) is 59.2 Å². The number of aliphatic carboxylic acids is 1. The molecule has 0 amide bonds. The Hall–Kier alpha value is -2.74. The van der Waals surface area contributed by atoms with Gasteiger partial charge in [-0.2, -0.15) is 13.2 Å². The topological polar surface area (TPSA) is 65.0 Å². The second-order valence-electron chi connectivity index (χ2n) is 6.69. The Labute approximate surface area is 159 Å². The first-order chi connectivity index (χ1) is 13.2.